The lowest BCUT2D eigenvalue weighted by molar-refractivity contribution is 0.0695. The Bertz CT molecular complexity index is 640. The fourth-order valence-corrected chi connectivity index (χ4v) is 2.89. The van der Waals surface area contributed by atoms with Crippen LogP contribution in [0.1, 0.15) is 34.5 Å². The SMILES string of the molecule is COc1ccc(-n2cc(C(=O)O)c3c2CCCC3)cc1. The largest absolute Gasteiger partial charge is 0.497 e. The number of aromatic nitrogens is 1. The van der Waals surface area contributed by atoms with Gasteiger partial charge in [-0.1, -0.05) is 0 Å². The molecule has 0 unspecified atom stereocenters. The van der Waals surface area contributed by atoms with E-state index in [0.717, 1.165) is 48.4 Å². The normalized spacial score (nSPS) is 13.8. The Kier molecular flexibility index (Phi) is 3.22. The van der Waals surface area contributed by atoms with E-state index in [4.69, 9.17) is 4.74 Å². The summed E-state index contributed by atoms with van der Waals surface area (Å²) in [5.41, 5.74) is 3.56. The zero-order chi connectivity index (χ0) is 14.1. The first kappa shape index (κ1) is 12.8. The van der Waals surface area contributed by atoms with Crippen LogP contribution in [-0.4, -0.2) is 22.8 Å². The van der Waals surface area contributed by atoms with E-state index in [1.165, 1.54) is 0 Å². The topological polar surface area (TPSA) is 51.5 Å². The van der Waals surface area contributed by atoms with E-state index >= 15 is 0 Å². The molecule has 20 heavy (non-hydrogen) atoms. The van der Waals surface area contributed by atoms with Crippen molar-refractivity contribution in [1.29, 1.82) is 0 Å². The molecule has 0 atom stereocenters. The van der Waals surface area contributed by atoms with Crippen molar-refractivity contribution >= 4 is 5.97 Å². The highest BCUT2D eigenvalue weighted by atomic mass is 16.5. The first-order valence-corrected chi connectivity index (χ1v) is 6.81. The van der Waals surface area contributed by atoms with Crippen molar-refractivity contribution in [2.75, 3.05) is 7.11 Å². The molecule has 1 aromatic carbocycles. The predicted octanol–water partition coefficient (Wildman–Crippen LogP) is 3.06. The third kappa shape index (κ3) is 2.07. The number of aromatic carboxylic acids is 1. The summed E-state index contributed by atoms with van der Waals surface area (Å²) in [5.74, 6) is -0.0383. The van der Waals surface area contributed by atoms with E-state index < -0.39 is 5.97 Å². The highest BCUT2D eigenvalue weighted by molar-refractivity contribution is 5.90. The molecule has 0 amide bonds. The number of fused-ring (bicyclic) bond motifs is 1. The summed E-state index contributed by atoms with van der Waals surface area (Å²) in [6, 6.07) is 7.70. The molecule has 1 heterocycles. The molecule has 2 aromatic rings. The van der Waals surface area contributed by atoms with Gasteiger partial charge in [0.15, 0.2) is 0 Å². The summed E-state index contributed by atoms with van der Waals surface area (Å²) in [6.07, 6.45) is 5.74. The summed E-state index contributed by atoms with van der Waals surface area (Å²) in [6.45, 7) is 0. The Balaban J connectivity index is 2.10. The molecule has 4 nitrogen and oxygen atoms in total. The Morgan fingerprint density at radius 1 is 1.20 bits per heavy atom. The molecule has 0 saturated heterocycles. The quantitative estimate of drug-likeness (QED) is 0.933. The van der Waals surface area contributed by atoms with Gasteiger partial charge in [0.05, 0.1) is 12.7 Å². The molecule has 0 bridgehead atoms. The molecule has 104 valence electrons. The second-order valence-electron chi connectivity index (χ2n) is 5.05. The van der Waals surface area contributed by atoms with Crippen molar-refractivity contribution in [3.8, 4) is 11.4 Å². The van der Waals surface area contributed by atoms with Gasteiger partial charge in [0, 0.05) is 17.6 Å². The molecule has 0 saturated carbocycles. The average molecular weight is 271 g/mol. The Labute approximate surface area is 117 Å². The Morgan fingerprint density at radius 3 is 2.55 bits per heavy atom. The number of hydrogen-bond acceptors (Lipinski definition) is 2. The van der Waals surface area contributed by atoms with Crippen LogP contribution < -0.4 is 4.74 Å². The molecule has 3 rings (SSSR count). The monoisotopic (exact) mass is 271 g/mol. The van der Waals surface area contributed by atoms with Crippen LogP contribution in [0.15, 0.2) is 30.5 Å². The molecule has 0 radical (unpaired) electrons. The second-order valence-corrected chi connectivity index (χ2v) is 5.05. The predicted molar refractivity (Wildman–Crippen MR) is 75.9 cm³/mol. The lowest BCUT2D eigenvalue weighted by atomic mass is 9.95. The minimum atomic E-state index is -0.838. The van der Waals surface area contributed by atoms with E-state index in [2.05, 4.69) is 0 Å². The van der Waals surface area contributed by atoms with Gasteiger partial charge in [-0.05, 0) is 55.5 Å². The van der Waals surface area contributed by atoms with Crippen LogP contribution in [0.4, 0.5) is 0 Å². The van der Waals surface area contributed by atoms with Gasteiger partial charge in [-0.15, -0.1) is 0 Å². The van der Waals surface area contributed by atoms with Gasteiger partial charge in [0.2, 0.25) is 0 Å². The second kappa shape index (κ2) is 5.04. The minimum absolute atomic E-state index is 0.440. The van der Waals surface area contributed by atoms with E-state index in [1.807, 2.05) is 28.8 Å². The number of benzene rings is 1. The number of nitrogens with zero attached hydrogens (tertiary/aromatic N) is 1. The Hall–Kier alpha value is -2.23. The van der Waals surface area contributed by atoms with E-state index in [0.29, 0.717) is 5.56 Å². The summed E-state index contributed by atoms with van der Waals surface area (Å²) in [5, 5.41) is 9.35. The maximum absolute atomic E-state index is 11.4. The van der Waals surface area contributed by atoms with Crippen molar-refractivity contribution in [1.82, 2.24) is 4.57 Å². The fraction of sp³-hybridized carbons (Fsp3) is 0.312. The fourth-order valence-electron chi connectivity index (χ4n) is 2.89. The number of carboxylic acids is 1. The zero-order valence-corrected chi connectivity index (χ0v) is 11.4. The summed E-state index contributed by atoms with van der Waals surface area (Å²) in [7, 11) is 1.63. The van der Waals surface area contributed by atoms with Crippen LogP contribution in [0.5, 0.6) is 5.75 Å². The Morgan fingerprint density at radius 2 is 1.90 bits per heavy atom. The van der Waals surface area contributed by atoms with Gasteiger partial charge in [-0.25, -0.2) is 4.79 Å². The van der Waals surface area contributed by atoms with E-state index in [1.54, 1.807) is 13.3 Å². The van der Waals surface area contributed by atoms with Crippen LogP contribution in [-0.2, 0) is 12.8 Å². The highest BCUT2D eigenvalue weighted by Crippen LogP contribution is 2.29. The summed E-state index contributed by atoms with van der Waals surface area (Å²) >= 11 is 0. The number of carbonyl (C=O) groups is 1. The number of hydrogen-bond donors (Lipinski definition) is 1. The van der Waals surface area contributed by atoms with Gasteiger partial charge in [-0.2, -0.15) is 0 Å². The molecule has 0 aliphatic heterocycles. The van der Waals surface area contributed by atoms with Crippen LogP contribution in [0, 0.1) is 0 Å². The summed E-state index contributed by atoms with van der Waals surface area (Å²) < 4.78 is 7.17. The van der Waals surface area contributed by atoms with E-state index in [9.17, 15) is 9.90 Å². The standard InChI is InChI=1S/C16H17NO3/c1-20-12-8-6-11(7-9-12)17-10-14(16(18)19)13-4-2-3-5-15(13)17/h6-10H,2-5H2,1H3,(H,18,19). The van der Waals surface area contributed by atoms with Crippen molar-refractivity contribution in [2.24, 2.45) is 0 Å². The number of ether oxygens (including phenoxy) is 1. The van der Waals surface area contributed by atoms with Crippen molar-refractivity contribution in [3.05, 3.63) is 47.3 Å². The third-order valence-corrected chi connectivity index (χ3v) is 3.89. The van der Waals surface area contributed by atoms with Gasteiger partial charge < -0.3 is 14.4 Å². The van der Waals surface area contributed by atoms with Gasteiger partial charge in [-0.3, -0.25) is 0 Å². The lowest BCUT2D eigenvalue weighted by Gasteiger charge is -2.16. The van der Waals surface area contributed by atoms with Crippen molar-refractivity contribution in [2.45, 2.75) is 25.7 Å². The smallest absolute Gasteiger partial charge is 0.337 e. The van der Waals surface area contributed by atoms with Crippen molar-refractivity contribution in [3.63, 3.8) is 0 Å². The molecule has 0 fully saturated rings. The lowest BCUT2D eigenvalue weighted by Crippen LogP contribution is -2.08. The highest BCUT2D eigenvalue weighted by Gasteiger charge is 2.23. The minimum Gasteiger partial charge on any atom is -0.497 e. The molecular weight excluding hydrogens is 254 g/mol. The number of rotatable bonds is 3. The molecule has 1 aliphatic rings. The van der Waals surface area contributed by atoms with Gasteiger partial charge in [0.1, 0.15) is 5.75 Å². The first-order valence-electron chi connectivity index (χ1n) is 6.81. The molecule has 1 aromatic heterocycles. The first-order chi connectivity index (χ1) is 9.70. The maximum Gasteiger partial charge on any atom is 0.337 e. The van der Waals surface area contributed by atoms with Crippen LogP contribution in [0.2, 0.25) is 0 Å². The molecule has 0 spiro atoms. The van der Waals surface area contributed by atoms with E-state index in [-0.39, 0.29) is 0 Å². The zero-order valence-electron chi connectivity index (χ0n) is 11.4. The maximum atomic E-state index is 11.4. The molecule has 1 aliphatic carbocycles. The number of carboxylic acid groups (broad SMARTS) is 1. The summed E-state index contributed by atoms with van der Waals surface area (Å²) in [4.78, 5) is 11.4. The third-order valence-electron chi connectivity index (χ3n) is 3.89. The van der Waals surface area contributed by atoms with Crippen LogP contribution >= 0.6 is 0 Å². The van der Waals surface area contributed by atoms with Crippen molar-refractivity contribution < 1.29 is 14.6 Å². The molecule has 4 heteroatoms. The van der Waals surface area contributed by atoms with Crippen LogP contribution in [0.3, 0.4) is 0 Å². The molecular formula is C16H17NO3. The average Bonchev–Trinajstić information content (AvgIpc) is 2.87. The molecule has 1 N–H and O–H groups in total. The van der Waals surface area contributed by atoms with Gasteiger partial charge >= 0.3 is 5.97 Å². The number of methoxy groups -OCH3 is 1. The van der Waals surface area contributed by atoms with Crippen LogP contribution in [0.25, 0.3) is 5.69 Å². The van der Waals surface area contributed by atoms with Gasteiger partial charge in [0.25, 0.3) is 0 Å².